The van der Waals surface area contributed by atoms with Crippen molar-refractivity contribution in [3.05, 3.63) is 6.07 Å². The van der Waals surface area contributed by atoms with Crippen molar-refractivity contribution in [3.63, 3.8) is 0 Å². The van der Waals surface area contributed by atoms with Crippen LogP contribution in [0.25, 0.3) is 0 Å². The summed E-state index contributed by atoms with van der Waals surface area (Å²) in [7, 11) is 3.11. The van der Waals surface area contributed by atoms with Gasteiger partial charge >= 0.3 is 0 Å². The van der Waals surface area contributed by atoms with Crippen LogP contribution in [0.4, 0.5) is 0 Å². The number of hydrogen-bond acceptors (Lipinski definition) is 6. The quantitative estimate of drug-likeness (QED) is 0.585. The average Bonchev–Trinajstić information content (AvgIpc) is 2.46. The zero-order chi connectivity index (χ0) is 14.3. The number of aliphatic hydroxyl groups is 1. The maximum Gasteiger partial charge on any atom is 0.220 e. The molecule has 1 heterocycles. The van der Waals surface area contributed by atoms with Gasteiger partial charge < -0.3 is 14.6 Å². The summed E-state index contributed by atoms with van der Waals surface area (Å²) in [5, 5.41) is 10.2. The van der Waals surface area contributed by atoms with E-state index in [-0.39, 0.29) is 11.9 Å². The third kappa shape index (κ3) is 4.54. The van der Waals surface area contributed by atoms with Crippen LogP contribution in [0, 0.1) is 5.92 Å². The van der Waals surface area contributed by atoms with E-state index in [0.29, 0.717) is 22.8 Å². The van der Waals surface area contributed by atoms with E-state index < -0.39 is 0 Å². The molecule has 1 unspecified atom stereocenters. The van der Waals surface area contributed by atoms with Gasteiger partial charge in [0.15, 0.2) is 5.16 Å². The van der Waals surface area contributed by atoms with Crippen molar-refractivity contribution in [2.45, 2.75) is 37.1 Å². The van der Waals surface area contributed by atoms with E-state index in [9.17, 15) is 5.11 Å². The van der Waals surface area contributed by atoms with Crippen molar-refractivity contribution < 1.29 is 14.6 Å². The lowest BCUT2D eigenvalue weighted by Crippen LogP contribution is -2.20. The molecule has 1 atom stereocenters. The van der Waals surface area contributed by atoms with E-state index in [1.54, 1.807) is 20.3 Å². The Morgan fingerprint density at radius 2 is 1.68 bits per heavy atom. The number of hydrogen-bond donors (Lipinski definition) is 1. The highest BCUT2D eigenvalue weighted by Crippen LogP contribution is 2.31. The number of aliphatic hydroxyl groups excluding tert-OH is 1. The van der Waals surface area contributed by atoms with E-state index in [4.69, 9.17) is 9.47 Å². The third-order valence-electron chi connectivity index (χ3n) is 3.09. The first-order chi connectivity index (χ1) is 9.18. The van der Waals surface area contributed by atoms with Crippen LogP contribution in [0.1, 0.15) is 26.7 Å². The summed E-state index contributed by atoms with van der Waals surface area (Å²) in [5.74, 6) is 1.38. The van der Waals surface area contributed by atoms with Crippen LogP contribution < -0.4 is 9.47 Å². The zero-order valence-corrected chi connectivity index (χ0v) is 12.7. The molecule has 1 rings (SSSR count). The maximum atomic E-state index is 9.53. The minimum atomic E-state index is 0.0896. The summed E-state index contributed by atoms with van der Waals surface area (Å²) in [6.07, 6.45) is 2.05. The Morgan fingerprint density at radius 3 is 2.05 bits per heavy atom. The lowest BCUT2D eigenvalue weighted by Gasteiger charge is -2.22. The van der Waals surface area contributed by atoms with Crippen LogP contribution in [0.15, 0.2) is 11.2 Å². The Balaban J connectivity index is 2.89. The van der Waals surface area contributed by atoms with Gasteiger partial charge in [-0.25, -0.2) is 0 Å². The smallest absolute Gasteiger partial charge is 0.220 e. The van der Waals surface area contributed by atoms with Crippen LogP contribution in [-0.2, 0) is 0 Å². The van der Waals surface area contributed by atoms with Gasteiger partial charge in [-0.05, 0) is 5.92 Å². The summed E-state index contributed by atoms with van der Waals surface area (Å²) in [5.41, 5.74) is 0. The van der Waals surface area contributed by atoms with Crippen molar-refractivity contribution in [1.82, 2.24) is 9.97 Å². The van der Waals surface area contributed by atoms with Gasteiger partial charge in [0.1, 0.15) is 0 Å². The van der Waals surface area contributed by atoms with Crippen molar-refractivity contribution in [2.75, 3.05) is 20.8 Å². The average molecular weight is 286 g/mol. The highest BCUT2D eigenvalue weighted by atomic mass is 32.2. The second kappa shape index (κ2) is 8.22. The maximum absolute atomic E-state index is 9.53. The molecule has 0 aliphatic heterocycles. The second-order valence-corrected chi connectivity index (χ2v) is 5.36. The molecule has 19 heavy (non-hydrogen) atoms. The SMILES string of the molecule is CCC(CC)C(CO)Sc1nc(OC)cc(OC)n1. The summed E-state index contributed by atoms with van der Waals surface area (Å²) in [6, 6.07) is 1.63. The predicted octanol–water partition coefficient (Wildman–Crippen LogP) is 2.38. The minimum Gasteiger partial charge on any atom is -0.481 e. The van der Waals surface area contributed by atoms with Crippen molar-refractivity contribution in [1.29, 1.82) is 0 Å². The van der Waals surface area contributed by atoms with Gasteiger partial charge in [-0.15, -0.1) is 0 Å². The number of ether oxygens (including phenoxy) is 2. The Bertz CT molecular complexity index is 364. The summed E-state index contributed by atoms with van der Waals surface area (Å²) >= 11 is 1.47. The molecular formula is C13H22N2O3S. The Morgan fingerprint density at radius 1 is 1.16 bits per heavy atom. The van der Waals surface area contributed by atoms with Crippen LogP contribution in [0.3, 0.4) is 0 Å². The molecule has 0 bridgehead atoms. The molecular weight excluding hydrogens is 264 g/mol. The molecule has 0 saturated heterocycles. The van der Waals surface area contributed by atoms with Crippen LogP contribution >= 0.6 is 11.8 Å². The molecule has 6 heteroatoms. The van der Waals surface area contributed by atoms with Crippen LogP contribution in [-0.4, -0.2) is 41.2 Å². The predicted molar refractivity (Wildman–Crippen MR) is 75.9 cm³/mol. The molecule has 5 nitrogen and oxygen atoms in total. The van der Waals surface area contributed by atoms with Gasteiger partial charge in [0.05, 0.1) is 26.9 Å². The molecule has 108 valence electrons. The molecule has 1 aromatic rings. The third-order valence-corrected chi connectivity index (χ3v) is 4.32. The molecule has 0 fully saturated rings. The summed E-state index contributed by atoms with van der Waals surface area (Å²) in [6.45, 7) is 4.37. The van der Waals surface area contributed by atoms with Crippen LogP contribution in [0.2, 0.25) is 0 Å². The monoisotopic (exact) mass is 286 g/mol. The first-order valence-electron chi connectivity index (χ1n) is 6.42. The summed E-state index contributed by atoms with van der Waals surface area (Å²) in [4.78, 5) is 8.55. The number of methoxy groups -OCH3 is 2. The van der Waals surface area contributed by atoms with Crippen molar-refractivity contribution in [3.8, 4) is 11.8 Å². The van der Waals surface area contributed by atoms with Gasteiger partial charge in [0.2, 0.25) is 11.8 Å². The molecule has 1 N–H and O–H groups in total. The number of thioether (sulfide) groups is 1. The first-order valence-corrected chi connectivity index (χ1v) is 7.30. The molecule has 0 amide bonds. The molecule has 0 saturated carbocycles. The number of rotatable bonds is 8. The second-order valence-electron chi connectivity index (χ2n) is 4.15. The van der Waals surface area contributed by atoms with Gasteiger partial charge in [0.25, 0.3) is 0 Å². The first kappa shape index (κ1) is 16.0. The molecule has 0 aromatic carbocycles. The Hall–Kier alpha value is -1.01. The van der Waals surface area contributed by atoms with E-state index in [1.807, 2.05) is 0 Å². The fraction of sp³-hybridized carbons (Fsp3) is 0.692. The molecule has 0 radical (unpaired) electrons. The van der Waals surface area contributed by atoms with Gasteiger partial charge in [-0.1, -0.05) is 38.5 Å². The zero-order valence-electron chi connectivity index (χ0n) is 11.9. The fourth-order valence-corrected chi connectivity index (χ4v) is 3.09. The van der Waals surface area contributed by atoms with E-state index in [2.05, 4.69) is 23.8 Å². The topological polar surface area (TPSA) is 64.5 Å². The lowest BCUT2D eigenvalue weighted by molar-refractivity contribution is 0.259. The highest BCUT2D eigenvalue weighted by Gasteiger charge is 2.21. The fourth-order valence-electron chi connectivity index (χ4n) is 1.88. The Labute approximate surface area is 118 Å². The lowest BCUT2D eigenvalue weighted by atomic mass is 10.00. The normalized spacial score (nSPS) is 12.5. The molecule has 1 aromatic heterocycles. The Kier molecular flexibility index (Phi) is 6.94. The van der Waals surface area contributed by atoms with Crippen LogP contribution in [0.5, 0.6) is 11.8 Å². The molecule has 0 spiro atoms. The van der Waals surface area contributed by atoms with Gasteiger partial charge in [-0.2, -0.15) is 9.97 Å². The minimum absolute atomic E-state index is 0.0896. The molecule has 0 aliphatic rings. The standard InChI is InChI=1S/C13H22N2O3S/c1-5-9(6-2)10(8-16)19-13-14-11(17-3)7-12(15-13)18-4/h7,9-10,16H,5-6,8H2,1-4H3. The van der Waals surface area contributed by atoms with E-state index >= 15 is 0 Å². The van der Waals surface area contributed by atoms with Gasteiger partial charge in [0, 0.05) is 5.25 Å². The largest absolute Gasteiger partial charge is 0.481 e. The number of nitrogens with zero attached hydrogens (tertiary/aromatic N) is 2. The summed E-state index contributed by atoms with van der Waals surface area (Å²) < 4.78 is 10.2. The van der Waals surface area contributed by atoms with E-state index in [1.165, 1.54) is 11.8 Å². The highest BCUT2D eigenvalue weighted by molar-refractivity contribution is 7.99. The van der Waals surface area contributed by atoms with Crippen molar-refractivity contribution in [2.24, 2.45) is 5.92 Å². The number of aromatic nitrogens is 2. The van der Waals surface area contributed by atoms with Gasteiger partial charge in [-0.3, -0.25) is 0 Å². The van der Waals surface area contributed by atoms with Crippen molar-refractivity contribution >= 4 is 11.8 Å². The molecule has 0 aliphatic carbocycles. The van der Waals surface area contributed by atoms with E-state index in [0.717, 1.165) is 12.8 Å².